The molecule has 136 valence electrons. The number of rotatable bonds is 6. The van der Waals surface area contributed by atoms with Crippen molar-refractivity contribution in [3.63, 3.8) is 0 Å². The minimum Gasteiger partial charge on any atom is -0.377 e. The minimum absolute atomic E-state index is 0.542. The molecule has 0 radical (unpaired) electrons. The monoisotopic (exact) mass is 334 g/mol. The van der Waals surface area contributed by atoms with Crippen molar-refractivity contribution in [1.82, 2.24) is 15.5 Å². The fraction of sp³-hybridized carbons (Fsp3) is 0.842. The van der Waals surface area contributed by atoms with Gasteiger partial charge in [0.15, 0.2) is 5.96 Å². The topological polar surface area (TPSA) is 48.9 Å². The van der Waals surface area contributed by atoms with E-state index in [9.17, 15) is 0 Å². The third-order valence-corrected chi connectivity index (χ3v) is 5.62. The number of ether oxygens (including phenoxy) is 1. The first-order chi connectivity index (χ1) is 11.8. The summed E-state index contributed by atoms with van der Waals surface area (Å²) >= 11 is 0. The molecule has 1 unspecified atom stereocenters. The van der Waals surface area contributed by atoms with E-state index >= 15 is 0 Å². The molecule has 0 aromatic rings. The van der Waals surface area contributed by atoms with Crippen LogP contribution in [0.25, 0.3) is 0 Å². The lowest BCUT2D eigenvalue weighted by molar-refractivity contribution is 0.153. The van der Waals surface area contributed by atoms with Gasteiger partial charge in [-0.25, -0.2) is 0 Å². The number of nitrogens with zero attached hydrogens (tertiary/aromatic N) is 2. The van der Waals surface area contributed by atoms with E-state index < -0.39 is 0 Å². The highest BCUT2D eigenvalue weighted by atomic mass is 16.5. The first kappa shape index (κ1) is 17.7. The molecular weight excluding hydrogens is 300 g/mol. The molecule has 2 fully saturated rings. The smallest absolute Gasteiger partial charge is 0.191 e. The van der Waals surface area contributed by atoms with Gasteiger partial charge in [0.2, 0.25) is 0 Å². The summed E-state index contributed by atoms with van der Waals surface area (Å²) in [6.45, 7) is 6.31. The molecule has 5 heteroatoms. The van der Waals surface area contributed by atoms with Gasteiger partial charge >= 0.3 is 0 Å². The molecule has 0 amide bonds. The van der Waals surface area contributed by atoms with Crippen molar-refractivity contribution in [1.29, 1.82) is 0 Å². The van der Waals surface area contributed by atoms with Crippen molar-refractivity contribution in [2.75, 3.05) is 46.4 Å². The lowest BCUT2D eigenvalue weighted by atomic mass is 10.1. The molecule has 1 saturated heterocycles. The predicted octanol–water partition coefficient (Wildman–Crippen LogP) is 2.15. The Kier molecular flexibility index (Phi) is 6.97. The van der Waals surface area contributed by atoms with Crippen LogP contribution in [0, 0.1) is 5.92 Å². The summed E-state index contributed by atoms with van der Waals surface area (Å²) in [5.41, 5.74) is 1.51. The Bertz CT molecular complexity index is 443. The van der Waals surface area contributed by atoms with Crippen LogP contribution < -0.4 is 10.6 Å². The summed E-state index contributed by atoms with van der Waals surface area (Å²) in [5, 5.41) is 7.08. The fourth-order valence-electron chi connectivity index (χ4n) is 4.20. The molecule has 1 saturated carbocycles. The highest BCUT2D eigenvalue weighted by molar-refractivity contribution is 5.80. The molecule has 0 spiro atoms. The summed E-state index contributed by atoms with van der Waals surface area (Å²) in [6, 6.07) is 0.542. The Morgan fingerprint density at radius 3 is 2.96 bits per heavy atom. The van der Waals surface area contributed by atoms with Crippen LogP contribution in [0.1, 0.15) is 44.9 Å². The maximum atomic E-state index is 5.36. The van der Waals surface area contributed by atoms with Crippen molar-refractivity contribution in [3.8, 4) is 0 Å². The highest BCUT2D eigenvalue weighted by Crippen LogP contribution is 2.26. The first-order valence-corrected chi connectivity index (χ1v) is 9.78. The van der Waals surface area contributed by atoms with Crippen LogP contribution in [-0.4, -0.2) is 63.3 Å². The molecule has 1 aliphatic carbocycles. The van der Waals surface area contributed by atoms with Crippen LogP contribution in [0.3, 0.4) is 0 Å². The standard InChI is InChI=1S/C19H34N4O/c1-20-19(21-10-6-16-8-12-24-13-9-16)22-18-7-11-23(15-18)14-17-4-2-3-5-17/h8,17-18H,2-7,9-15H2,1H3,(H2,20,21,22). The van der Waals surface area contributed by atoms with Crippen molar-refractivity contribution in [3.05, 3.63) is 11.6 Å². The Hall–Kier alpha value is -1.07. The van der Waals surface area contributed by atoms with E-state index in [4.69, 9.17) is 4.74 Å². The van der Waals surface area contributed by atoms with Gasteiger partial charge in [-0.2, -0.15) is 0 Å². The third-order valence-electron chi connectivity index (χ3n) is 5.62. The molecule has 2 N–H and O–H groups in total. The molecule has 2 heterocycles. The Morgan fingerprint density at radius 2 is 2.21 bits per heavy atom. The predicted molar refractivity (Wildman–Crippen MR) is 99.4 cm³/mol. The number of hydrogen-bond donors (Lipinski definition) is 2. The van der Waals surface area contributed by atoms with Crippen LogP contribution in [0.5, 0.6) is 0 Å². The molecule has 0 aromatic heterocycles. The molecule has 5 nitrogen and oxygen atoms in total. The number of nitrogens with one attached hydrogen (secondary N) is 2. The molecule has 2 aliphatic heterocycles. The lowest BCUT2D eigenvalue weighted by Gasteiger charge is -2.21. The van der Waals surface area contributed by atoms with Gasteiger partial charge in [-0.05, 0) is 38.0 Å². The quantitative estimate of drug-likeness (QED) is 0.444. The van der Waals surface area contributed by atoms with Gasteiger partial charge in [-0.15, -0.1) is 0 Å². The summed E-state index contributed by atoms with van der Waals surface area (Å²) in [7, 11) is 1.87. The van der Waals surface area contributed by atoms with Crippen molar-refractivity contribution in [2.45, 2.75) is 51.0 Å². The minimum atomic E-state index is 0.542. The van der Waals surface area contributed by atoms with Gasteiger partial charge in [-0.3, -0.25) is 4.99 Å². The molecule has 1 atom stereocenters. The summed E-state index contributed by atoms with van der Waals surface area (Å²) in [6.07, 6.45) is 11.4. The van der Waals surface area contributed by atoms with Gasteiger partial charge < -0.3 is 20.3 Å². The Morgan fingerprint density at radius 1 is 1.33 bits per heavy atom. The van der Waals surface area contributed by atoms with Crippen LogP contribution in [0.15, 0.2) is 16.6 Å². The van der Waals surface area contributed by atoms with Crippen LogP contribution in [0.4, 0.5) is 0 Å². The highest BCUT2D eigenvalue weighted by Gasteiger charge is 2.26. The summed E-state index contributed by atoms with van der Waals surface area (Å²) in [5.74, 6) is 1.91. The second-order valence-electron chi connectivity index (χ2n) is 7.48. The zero-order chi connectivity index (χ0) is 16.6. The van der Waals surface area contributed by atoms with Crippen LogP contribution >= 0.6 is 0 Å². The van der Waals surface area contributed by atoms with E-state index in [1.165, 1.54) is 57.3 Å². The van der Waals surface area contributed by atoms with Gasteiger partial charge in [0.25, 0.3) is 0 Å². The number of guanidine groups is 1. The second kappa shape index (κ2) is 9.42. The van der Waals surface area contributed by atoms with Gasteiger partial charge in [0.1, 0.15) is 0 Å². The summed E-state index contributed by atoms with van der Waals surface area (Å²) < 4.78 is 5.36. The Balaban J connectivity index is 1.34. The number of hydrogen-bond acceptors (Lipinski definition) is 3. The second-order valence-corrected chi connectivity index (χ2v) is 7.48. The Labute approximate surface area is 146 Å². The van der Waals surface area contributed by atoms with E-state index in [1.54, 1.807) is 0 Å². The van der Waals surface area contributed by atoms with Gasteiger partial charge in [0.05, 0.1) is 13.2 Å². The molecule has 24 heavy (non-hydrogen) atoms. The maximum Gasteiger partial charge on any atom is 0.191 e. The zero-order valence-electron chi connectivity index (χ0n) is 15.2. The van der Waals surface area contributed by atoms with Gasteiger partial charge in [-0.1, -0.05) is 24.5 Å². The number of aliphatic imine (C=N–C) groups is 1. The third kappa shape index (κ3) is 5.49. The van der Waals surface area contributed by atoms with E-state index in [0.29, 0.717) is 6.04 Å². The van der Waals surface area contributed by atoms with Crippen molar-refractivity contribution in [2.24, 2.45) is 10.9 Å². The van der Waals surface area contributed by atoms with Gasteiger partial charge in [0, 0.05) is 39.3 Å². The average molecular weight is 335 g/mol. The maximum absolute atomic E-state index is 5.36. The SMILES string of the molecule is CN=C(NCCC1=CCOCC1)NC1CCN(CC2CCCC2)C1. The van der Waals surface area contributed by atoms with Crippen LogP contribution in [0.2, 0.25) is 0 Å². The van der Waals surface area contributed by atoms with E-state index in [2.05, 4.69) is 26.6 Å². The molecular formula is C19H34N4O. The van der Waals surface area contributed by atoms with E-state index in [0.717, 1.165) is 44.5 Å². The fourth-order valence-corrected chi connectivity index (χ4v) is 4.20. The molecule has 0 bridgehead atoms. The summed E-state index contributed by atoms with van der Waals surface area (Å²) in [4.78, 5) is 7.04. The van der Waals surface area contributed by atoms with E-state index in [1.807, 2.05) is 7.05 Å². The van der Waals surface area contributed by atoms with Crippen LogP contribution in [-0.2, 0) is 4.74 Å². The largest absolute Gasteiger partial charge is 0.377 e. The first-order valence-electron chi connectivity index (χ1n) is 9.78. The number of likely N-dealkylation sites (tertiary alicyclic amines) is 1. The van der Waals surface area contributed by atoms with Crippen molar-refractivity contribution < 1.29 is 4.74 Å². The lowest BCUT2D eigenvalue weighted by Crippen LogP contribution is -2.45. The molecule has 3 aliphatic rings. The zero-order valence-corrected chi connectivity index (χ0v) is 15.2. The van der Waals surface area contributed by atoms with E-state index in [-0.39, 0.29) is 0 Å². The molecule has 0 aromatic carbocycles. The molecule has 3 rings (SSSR count). The van der Waals surface area contributed by atoms with Crippen molar-refractivity contribution >= 4 is 5.96 Å². The normalized spacial score (nSPS) is 26.6. The average Bonchev–Trinajstić information content (AvgIpc) is 3.27.